The lowest BCUT2D eigenvalue weighted by Crippen LogP contribution is -2.50. The molecule has 0 radical (unpaired) electrons. The second kappa shape index (κ2) is 8.48. The summed E-state index contributed by atoms with van der Waals surface area (Å²) in [5.74, 6) is 0.522. The Hall–Kier alpha value is -0.610. The van der Waals surface area contributed by atoms with Crippen molar-refractivity contribution in [3.8, 4) is 0 Å². The van der Waals surface area contributed by atoms with Crippen LogP contribution in [0.25, 0.3) is 0 Å². The molecule has 108 valence electrons. The Morgan fingerprint density at radius 1 is 1.06 bits per heavy atom. The lowest BCUT2D eigenvalue weighted by Gasteiger charge is -2.29. The Bertz CT molecular complexity index is 239. The fourth-order valence-electron chi connectivity index (χ4n) is 1.88. The van der Waals surface area contributed by atoms with Crippen LogP contribution >= 0.6 is 0 Å². The van der Waals surface area contributed by atoms with Crippen LogP contribution in [-0.4, -0.2) is 62.0 Å². The van der Waals surface area contributed by atoms with Crippen LogP contribution in [0.2, 0.25) is 0 Å². The highest BCUT2D eigenvalue weighted by Gasteiger charge is 2.25. The topological polar surface area (TPSA) is 35.6 Å². The molecule has 0 rings (SSSR count). The second-order valence-electron chi connectivity index (χ2n) is 5.96. The molecule has 0 aromatic carbocycles. The van der Waals surface area contributed by atoms with Crippen molar-refractivity contribution in [3.05, 3.63) is 0 Å². The molecule has 0 saturated heterocycles. The second-order valence-corrected chi connectivity index (χ2v) is 5.96. The van der Waals surface area contributed by atoms with Gasteiger partial charge in [-0.05, 0) is 33.0 Å². The van der Waals surface area contributed by atoms with E-state index >= 15 is 0 Å². The molecule has 4 nitrogen and oxygen atoms in total. The van der Waals surface area contributed by atoms with Gasteiger partial charge in [0.05, 0.1) is 6.04 Å². The van der Waals surface area contributed by atoms with Gasteiger partial charge in [0.2, 0.25) is 5.91 Å². The lowest BCUT2D eigenvalue weighted by atomic mass is 10.0. The number of carbonyl (C=O) groups is 1. The number of carbonyl (C=O) groups excluding carboxylic acids is 1. The van der Waals surface area contributed by atoms with E-state index in [2.05, 4.69) is 52.0 Å². The molecule has 18 heavy (non-hydrogen) atoms. The van der Waals surface area contributed by atoms with E-state index in [0.29, 0.717) is 12.0 Å². The largest absolute Gasteiger partial charge is 0.344 e. The summed E-state index contributed by atoms with van der Waals surface area (Å²) in [5.41, 5.74) is 0. The summed E-state index contributed by atoms with van der Waals surface area (Å²) in [5, 5.41) is 3.36. The van der Waals surface area contributed by atoms with E-state index in [1.165, 1.54) is 0 Å². The summed E-state index contributed by atoms with van der Waals surface area (Å²) in [6.45, 7) is 10.2. The van der Waals surface area contributed by atoms with Gasteiger partial charge < -0.3 is 15.1 Å². The predicted octanol–water partition coefficient (Wildman–Crippen LogP) is 1.42. The van der Waals surface area contributed by atoms with Crippen molar-refractivity contribution in [2.24, 2.45) is 5.92 Å². The molecular formula is C14H31N3O. The first-order chi connectivity index (χ1) is 8.25. The number of nitrogens with one attached hydrogen (secondary N) is 1. The van der Waals surface area contributed by atoms with Crippen molar-refractivity contribution in [1.29, 1.82) is 0 Å². The monoisotopic (exact) mass is 257 g/mol. The zero-order chi connectivity index (χ0) is 14.3. The van der Waals surface area contributed by atoms with Crippen LogP contribution in [0.3, 0.4) is 0 Å². The van der Waals surface area contributed by atoms with Gasteiger partial charge in [-0.1, -0.05) is 27.7 Å². The third-order valence-electron chi connectivity index (χ3n) is 2.92. The molecule has 0 aliphatic heterocycles. The van der Waals surface area contributed by atoms with Gasteiger partial charge in [-0.2, -0.15) is 0 Å². The standard InChI is InChI=1S/C14H31N3O/c1-11(2)13(15-12(3)4)14(18)17(7)10-8-9-16(5)6/h11-13,15H,8-10H2,1-7H3/t13-/m1/s1. The molecule has 1 amide bonds. The molecular weight excluding hydrogens is 226 g/mol. The van der Waals surface area contributed by atoms with Crippen LogP contribution in [0.5, 0.6) is 0 Å². The molecule has 0 bridgehead atoms. The summed E-state index contributed by atoms with van der Waals surface area (Å²) in [6, 6.07) is 0.255. The number of rotatable bonds is 8. The maximum absolute atomic E-state index is 12.3. The lowest BCUT2D eigenvalue weighted by molar-refractivity contribution is -0.133. The van der Waals surface area contributed by atoms with Crippen molar-refractivity contribution in [3.63, 3.8) is 0 Å². The van der Waals surface area contributed by atoms with Gasteiger partial charge in [0.15, 0.2) is 0 Å². The van der Waals surface area contributed by atoms with Gasteiger partial charge in [-0.15, -0.1) is 0 Å². The molecule has 4 heteroatoms. The third-order valence-corrected chi connectivity index (χ3v) is 2.92. The van der Waals surface area contributed by atoms with Gasteiger partial charge in [0.1, 0.15) is 0 Å². The van der Waals surface area contributed by atoms with E-state index in [0.717, 1.165) is 19.5 Å². The fraction of sp³-hybridized carbons (Fsp3) is 0.929. The summed E-state index contributed by atoms with van der Waals surface area (Å²) in [4.78, 5) is 16.3. The van der Waals surface area contributed by atoms with Crippen molar-refractivity contribution >= 4 is 5.91 Å². The minimum absolute atomic E-state index is 0.0747. The van der Waals surface area contributed by atoms with Crippen molar-refractivity contribution < 1.29 is 4.79 Å². The van der Waals surface area contributed by atoms with E-state index in [1.807, 2.05) is 11.9 Å². The Kier molecular flexibility index (Phi) is 8.20. The number of likely N-dealkylation sites (N-methyl/N-ethyl adjacent to an activating group) is 1. The van der Waals surface area contributed by atoms with E-state index in [9.17, 15) is 4.79 Å². The Labute approximate surface area is 113 Å². The molecule has 0 aromatic heterocycles. The zero-order valence-electron chi connectivity index (χ0n) is 13.2. The highest BCUT2D eigenvalue weighted by atomic mass is 16.2. The van der Waals surface area contributed by atoms with Gasteiger partial charge in [0.25, 0.3) is 0 Å². The van der Waals surface area contributed by atoms with Crippen LogP contribution in [0, 0.1) is 5.92 Å². The quantitative estimate of drug-likeness (QED) is 0.714. The molecule has 0 aromatic rings. The molecule has 0 spiro atoms. The number of amides is 1. The van der Waals surface area contributed by atoms with Gasteiger partial charge in [-0.3, -0.25) is 4.79 Å². The Morgan fingerprint density at radius 3 is 2.00 bits per heavy atom. The van der Waals surface area contributed by atoms with Crippen molar-refractivity contribution in [2.75, 3.05) is 34.2 Å². The Balaban J connectivity index is 4.29. The zero-order valence-corrected chi connectivity index (χ0v) is 13.2. The van der Waals surface area contributed by atoms with Crippen LogP contribution in [0.15, 0.2) is 0 Å². The highest BCUT2D eigenvalue weighted by molar-refractivity contribution is 5.81. The van der Waals surface area contributed by atoms with Gasteiger partial charge in [0, 0.05) is 19.6 Å². The molecule has 0 heterocycles. The minimum Gasteiger partial charge on any atom is -0.344 e. The maximum Gasteiger partial charge on any atom is 0.239 e. The van der Waals surface area contributed by atoms with Gasteiger partial charge in [-0.25, -0.2) is 0 Å². The SMILES string of the molecule is CC(C)N[C@@H](C(=O)N(C)CCCN(C)C)C(C)C. The van der Waals surface area contributed by atoms with Crippen LogP contribution in [0.1, 0.15) is 34.1 Å². The normalized spacial score (nSPS) is 13.4. The van der Waals surface area contributed by atoms with E-state index in [1.54, 1.807) is 0 Å². The van der Waals surface area contributed by atoms with Crippen molar-refractivity contribution in [2.45, 2.75) is 46.2 Å². The average Bonchev–Trinajstić information content (AvgIpc) is 2.23. The molecule has 0 unspecified atom stereocenters. The Morgan fingerprint density at radius 2 is 1.61 bits per heavy atom. The summed E-state index contributed by atoms with van der Waals surface area (Å²) < 4.78 is 0. The smallest absolute Gasteiger partial charge is 0.239 e. The van der Waals surface area contributed by atoms with E-state index < -0.39 is 0 Å². The minimum atomic E-state index is -0.0747. The summed E-state index contributed by atoms with van der Waals surface area (Å²) in [7, 11) is 6.01. The first kappa shape index (κ1) is 17.4. The molecule has 0 fully saturated rings. The molecule has 0 aliphatic carbocycles. The first-order valence-electron chi connectivity index (χ1n) is 6.91. The van der Waals surface area contributed by atoms with E-state index in [4.69, 9.17) is 0 Å². The van der Waals surface area contributed by atoms with Crippen LogP contribution in [-0.2, 0) is 4.79 Å². The van der Waals surface area contributed by atoms with Crippen LogP contribution < -0.4 is 5.32 Å². The molecule has 0 saturated carbocycles. The number of nitrogens with zero attached hydrogens (tertiary/aromatic N) is 2. The predicted molar refractivity (Wildman–Crippen MR) is 77.7 cm³/mol. The number of hydrogen-bond donors (Lipinski definition) is 1. The van der Waals surface area contributed by atoms with E-state index in [-0.39, 0.29) is 11.9 Å². The fourth-order valence-corrected chi connectivity index (χ4v) is 1.88. The number of hydrogen-bond acceptors (Lipinski definition) is 3. The van der Waals surface area contributed by atoms with Crippen LogP contribution in [0.4, 0.5) is 0 Å². The maximum atomic E-state index is 12.3. The molecule has 1 atom stereocenters. The highest BCUT2D eigenvalue weighted by Crippen LogP contribution is 2.07. The average molecular weight is 257 g/mol. The molecule has 0 aliphatic rings. The van der Waals surface area contributed by atoms with Gasteiger partial charge >= 0.3 is 0 Å². The first-order valence-corrected chi connectivity index (χ1v) is 6.91. The summed E-state index contributed by atoms with van der Waals surface area (Å²) >= 11 is 0. The third kappa shape index (κ3) is 6.97. The molecule has 1 N–H and O–H groups in total. The van der Waals surface area contributed by atoms with Crippen molar-refractivity contribution in [1.82, 2.24) is 15.1 Å². The summed E-state index contributed by atoms with van der Waals surface area (Å²) in [6.07, 6.45) is 1.02.